The molecule has 0 aliphatic carbocycles. The van der Waals surface area contributed by atoms with Crippen LogP contribution in [0.5, 0.6) is 0 Å². The predicted octanol–water partition coefficient (Wildman–Crippen LogP) is -0.274. The molecule has 1 atom stereocenters. The fourth-order valence-corrected chi connectivity index (χ4v) is 3.65. The highest BCUT2D eigenvalue weighted by Crippen LogP contribution is 2.20. The summed E-state index contributed by atoms with van der Waals surface area (Å²) < 4.78 is 29.7. The van der Waals surface area contributed by atoms with E-state index in [1.165, 1.54) is 11.4 Å². The highest BCUT2D eigenvalue weighted by molar-refractivity contribution is 7.89. The minimum atomic E-state index is -3.48. The van der Waals surface area contributed by atoms with Gasteiger partial charge in [-0.1, -0.05) is 6.42 Å². The summed E-state index contributed by atoms with van der Waals surface area (Å²) in [7, 11) is -2.25. The van der Waals surface area contributed by atoms with Gasteiger partial charge in [-0.3, -0.25) is 4.79 Å². The van der Waals surface area contributed by atoms with Crippen molar-refractivity contribution in [2.75, 3.05) is 26.0 Å². The maximum atomic E-state index is 12.0. The van der Waals surface area contributed by atoms with Crippen molar-refractivity contribution in [3.05, 3.63) is 0 Å². The number of piperidine rings is 1. The predicted molar refractivity (Wildman–Crippen MR) is 61.9 cm³/mol. The highest BCUT2D eigenvalue weighted by Gasteiger charge is 2.31. The summed E-state index contributed by atoms with van der Waals surface area (Å²) in [6.07, 6.45) is 2.25. The van der Waals surface area contributed by atoms with Gasteiger partial charge in [0.25, 0.3) is 0 Å². The maximum Gasteiger partial charge on any atom is 0.306 e. The zero-order valence-corrected chi connectivity index (χ0v) is 10.8. The third kappa shape index (κ3) is 3.93. The summed E-state index contributed by atoms with van der Waals surface area (Å²) in [4.78, 5) is 10.9. The van der Waals surface area contributed by atoms with Crippen LogP contribution in [0.4, 0.5) is 0 Å². The summed E-state index contributed by atoms with van der Waals surface area (Å²) in [5, 5.41) is 9.15. The average molecular weight is 265 g/mol. The first-order chi connectivity index (χ1) is 8.01. The van der Waals surface area contributed by atoms with Crippen molar-refractivity contribution in [1.82, 2.24) is 4.31 Å². The van der Waals surface area contributed by atoms with Gasteiger partial charge in [0.05, 0.1) is 25.9 Å². The number of nitrogens with zero attached hydrogens (tertiary/aromatic N) is 1. The minimum Gasteiger partial charge on any atom is -0.469 e. The molecular formula is C10H19NO5S. The Kier molecular flexibility index (Phi) is 5.35. The molecular weight excluding hydrogens is 246 g/mol. The Morgan fingerprint density at radius 1 is 1.47 bits per heavy atom. The standard InChI is InChI=1S/C10H19NO5S/c1-16-10(13)5-7-17(14,15)11-6-3-2-4-9(11)8-12/h9,12H,2-8H2,1H3. The molecule has 1 unspecified atom stereocenters. The fourth-order valence-electron chi connectivity index (χ4n) is 1.95. The number of sulfonamides is 1. The molecule has 1 fully saturated rings. The average Bonchev–Trinajstić information content (AvgIpc) is 2.35. The van der Waals surface area contributed by atoms with Crippen LogP contribution in [0.1, 0.15) is 25.7 Å². The molecule has 0 radical (unpaired) electrons. The first-order valence-corrected chi connectivity index (χ1v) is 7.29. The number of carbonyl (C=O) groups is 1. The lowest BCUT2D eigenvalue weighted by atomic mass is 10.1. The van der Waals surface area contributed by atoms with E-state index in [4.69, 9.17) is 5.11 Å². The van der Waals surface area contributed by atoms with Gasteiger partial charge in [0.15, 0.2) is 0 Å². The molecule has 1 heterocycles. The molecule has 6 nitrogen and oxygen atoms in total. The second kappa shape index (κ2) is 6.32. The Labute approximate surface area is 102 Å². The number of hydrogen-bond donors (Lipinski definition) is 1. The van der Waals surface area contributed by atoms with Crippen molar-refractivity contribution in [2.24, 2.45) is 0 Å². The van der Waals surface area contributed by atoms with E-state index in [0.717, 1.165) is 12.8 Å². The Morgan fingerprint density at radius 3 is 2.76 bits per heavy atom. The molecule has 17 heavy (non-hydrogen) atoms. The van der Waals surface area contributed by atoms with Crippen LogP contribution >= 0.6 is 0 Å². The first kappa shape index (κ1) is 14.4. The molecule has 0 aromatic heterocycles. The third-order valence-corrected chi connectivity index (χ3v) is 4.85. The van der Waals surface area contributed by atoms with E-state index in [-0.39, 0.29) is 24.8 Å². The molecule has 1 aliphatic rings. The molecule has 0 amide bonds. The Morgan fingerprint density at radius 2 is 2.18 bits per heavy atom. The van der Waals surface area contributed by atoms with E-state index >= 15 is 0 Å². The molecule has 1 saturated heterocycles. The van der Waals surface area contributed by atoms with Crippen molar-refractivity contribution in [2.45, 2.75) is 31.7 Å². The first-order valence-electron chi connectivity index (χ1n) is 5.68. The number of rotatable bonds is 5. The largest absolute Gasteiger partial charge is 0.469 e. The normalized spacial score (nSPS) is 22.4. The third-order valence-electron chi connectivity index (χ3n) is 2.93. The van der Waals surface area contributed by atoms with Gasteiger partial charge in [-0.05, 0) is 12.8 Å². The van der Waals surface area contributed by atoms with Crippen molar-refractivity contribution >= 4 is 16.0 Å². The quantitative estimate of drug-likeness (QED) is 0.692. The minimum absolute atomic E-state index is 0.145. The van der Waals surface area contributed by atoms with E-state index in [1.54, 1.807) is 0 Å². The van der Waals surface area contributed by atoms with Crippen LogP contribution in [0.3, 0.4) is 0 Å². The molecule has 100 valence electrons. The van der Waals surface area contributed by atoms with Crippen molar-refractivity contribution in [3.8, 4) is 0 Å². The smallest absolute Gasteiger partial charge is 0.306 e. The summed E-state index contributed by atoms with van der Waals surface area (Å²) in [5.41, 5.74) is 0. The van der Waals surface area contributed by atoms with Crippen molar-refractivity contribution in [3.63, 3.8) is 0 Å². The van der Waals surface area contributed by atoms with Crippen LogP contribution in [0.15, 0.2) is 0 Å². The van der Waals surface area contributed by atoms with Crippen LogP contribution in [0.25, 0.3) is 0 Å². The Hall–Kier alpha value is -0.660. The fraction of sp³-hybridized carbons (Fsp3) is 0.900. The molecule has 1 aliphatic heterocycles. The van der Waals surface area contributed by atoms with Gasteiger partial charge in [0.1, 0.15) is 0 Å². The van der Waals surface area contributed by atoms with E-state index < -0.39 is 16.0 Å². The monoisotopic (exact) mass is 265 g/mol. The van der Waals surface area contributed by atoms with Crippen LogP contribution in [0, 0.1) is 0 Å². The molecule has 0 spiro atoms. The van der Waals surface area contributed by atoms with Crippen LogP contribution in [-0.4, -0.2) is 55.9 Å². The summed E-state index contributed by atoms with van der Waals surface area (Å²) in [5.74, 6) is -0.790. The van der Waals surface area contributed by atoms with Gasteiger partial charge < -0.3 is 9.84 Å². The number of esters is 1. The number of carbonyl (C=O) groups excluding carboxylic acids is 1. The number of methoxy groups -OCH3 is 1. The molecule has 1 N–H and O–H groups in total. The number of aliphatic hydroxyl groups is 1. The lowest BCUT2D eigenvalue weighted by Gasteiger charge is -2.33. The van der Waals surface area contributed by atoms with Gasteiger partial charge in [0, 0.05) is 12.6 Å². The molecule has 0 bridgehead atoms. The second-order valence-corrected chi connectivity index (χ2v) is 6.13. The molecule has 7 heteroatoms. The topological polar surface area (TPSA) is 83.9 Å². The zero-order valence-electron chi connectivity index (χ0n) is 9.96. The summed E-state index contributed by atoms with van der Waals surface area (Å²) in [6.45, 7) is 0.256. The van der Waals surface area contributed by atoms with E-state index in [2.05, 4.69) is 4.74 Å². The van der Waals surface area contributed by atoms with Crippen LogP contribution in [0.2, 0.25) is 0 Å². The van der Waals surface area contributed by atoms with Gasteiger partial charge in [-0.25, -0.2) is 8.42 Å². The molecule has 1 rings (SSSR count). The molecule has 0 aromatic rings. The van der Waals surface area contributed by atoms with Crippen molar-refractivity contribution < 1.29 is 23.1 Å². The second-order valence-electron chi connectivity index (χ2n) is 4.09. The highest BCUT2D eigenvalue weighted by atomic mass is 32.2. The number of ether oxygens (including phenoxy) is 1. The number of aliphatic hydroxyl groups excluding tert-OH is 1. The van der Waals surface area contributed by atoms with Crippen LogP contribution < -0.4 is 0 Å². The maximum absolute atomic E-state index is 12.0. The number of hydrogen-bond acceptors (Lipinski definition) is 5. The SMILES string of the molecule is COC(=O)CCS(=O)(=O)N1CCCCC1CO. The zero-order chi connectivity index (χ0) is 12.9. The van der Waals surface area contributed by atoms with Gasteiger partial charge in [-0.2, -0.15) is 4.31 Å². The van der Waals surface area contributed by atoms with Crippen molar-refractivity contribution in [1.29, 1.82) is 0 Å². The Bertz CT molecular complexity index is 354. The van der Waals surface area contributed by atoms with E-state index in [9.17, 15) is 13.2 Å². The molecule has 0 saturated carbocycles. The van der Waals surface area contributed by atoms with Gasteiger partial charge in [-0.15, -0.1) is 0 Å². The van der Waals surface area contributed by atoms with Gasteiger partial charge >= 0.3 is 5.97 Å². The lowest BCUT2D eigenvalue weighted by Crippen LogP contribution is -2.46. The molecule has 0 aromatic carbocycles. The lowest BCUT2D eigenvalue weighted by molar-refractivity contribution is -0.140. The summed E-state index contributed by atoms with van der Waals surface area (Å²) >= 11 is 0. The Balaban J connectivity index is 2.64. The van der Waals surface area contributed by atoms with E-state index in [0.29, 0.717) is 13.0 Å². The summed E-state index contributed by atoms with van der Waals surface area (Å²) in [6, 6.07) is -0.341. The van der Waals surface area contributed by atoms with E-state index in [1.807, 2.05) is 0 Å². The van der Waals surface area contributed by atoms with Gasteiger partial charge in [0.2, 0.25) is 10.0 Å². The van der Waals surface area contributed by atoms with Crippen LogP contribution in [-0.2, 0) is 19.6 Å².